The first kappa shape index (κ1) is 33.0. The molecule has 1 aromatic heterocycles. The topological polar surface area (TPSA) is 97.9 Å². The lowest BCUT2D eigenvalue weighted by molar-refractivity contribution is -0.137. The van der Waals surface area contributed by atoms with Gasteiger partial charge in [0.15, 0.2) is 0 Å². The van der Waals surface area contributed by atoms with E-state index in [0.717, 1.165) is 60.8 Å². The molecule has 1 saturated heterocycles. The summed E-state index contributed by atoms with van der Waals surface area (Å²) in [6, 6.07) is 16.5. The standard InChI is InChI=1S/C36H39F3N6O3/c1-3-23(2)24-10-12-25(13-11-24)33-32-29(45(35(48)42-33)28-8-6-7-26(21-28)36(37,38)39)22-44(34(32)47)20-16-31(46)41-27-14-18-43(19-15-27)30-9-4-5-17-40-30/h4-13,17,21,23,27,33H,3,14-16,18-20,22H2,1-2H3,(H,41,46)(H,42,48)/t23?,33-/m1/s1. The van der Waals surface area contributed by atoms with Crippen molar-refractivity contribution < 1.29 is 27.6 Å². The molecule has 48 heavy (non-hydrogen) atoms. The summed E-state index contributed by atoms with van der Waals surface area (Å²) in [5.41, 5.74) is 1.51. The van der Waals surface area contributed by atoms with E-state index in [0.29, 0.717) is 17.2 Å². The number of carbonyl (C=O) groups excluding carboxylic acids is 3. The van der Waals surface area contributed by atoms with E-state index in [1.807, 2.05) is 42.5 Å². The first-order valence-electron chi connectivity index (χ1n) is 16.4. The summed E-state index contributed by atoms with van der Waals surface area (Å²) in [6.07, 6.45) is -0.334. The van der Waals surface area contributed by atoms with Gasteiger partial charge in [0.05, 0.1) is 35.1 Å². The number of anilines is 2. The van der Waals surface area contributed by atoms with Crippen molar-refractivity contribution in [2.24, 2.45) is 0 Å². The van der Waals surface area contributed by atoms with Gasteiger partial charge in [-0.05, 0) is 66.6 Å². The van der Waals surface area contributed by atoms with E-state index < -0.39 is 23.8 Å². The number of halogens is 3. The van der Waals surface area contributed by atoms with Crippen LogP contribution in [0, 0.1) is 0 Å². The minimum absolute atomic E-state index is 0.000858. The second-order valence-electron chi connectivity index (χ2n) is 12.6. The molecule has 1 fully saturated rings. The summed E-state index contributed by atoms with van der Waals surface area (Å²) in [5.74, 6) is 0.678. The van der Waals surface area contributed by atoms with Gasteiger partial charge in [-0.3, -0.25) is 14.5 Å². The Kier molecular flexibility index (Phi) is 9.43. The van der Waals surface area contributed by atoms with E-state index in [1.165, 1.54) is 17.0 Å². The molecule has 3 aromatic rings. The van der Waals surface area contributed by atoms with Crippen molar-refractivity contribution in [3.63, 3.8) is 0 Å². The minimum Gasteiger partial charge on any atom is -0.356 e. The molecule has 6 rings (SSSR count). The molecule has 0 bridgehead atoms. The number of pyridine rings is 1. The molecule has 3 aliphatic rings. The van der Waals surface area contributed by atoms with Crippen molar-refractivity contribution in [2.75, 3.05) is 36.0 Å². The maximum absolute atomic E-state index is 14.0. The fourth-order valence-corrected chi connectivity index (χ4v) is 6.60. The first-order valence-corrected chi connectivity index (χ1v) is 16.4. The third-order valence-corrected chi connectivity index (χ3v) is 9.52. The Morgan fingerprint density at radius 2 is 1.79 bits per heavy atom. The number of alkyl halides is 3. The van der Waals surface area contributed by atoms with Crippen molar-refractivity contribution >= 4 is 29.4 Å². The molecule has 1 unspecified atom stereocenters. The Labute approximate surface area is 277 Å². The molecule has 3 aliphatic heterocycles. The van der Waals surface area contributed by atoms with Crippen LogP contribution in [0.3, 0.4) is 0 Å². The third-order valence-electron chi connectivity index (χ3n) is 9.52. The zero-order chi connectivity index (χ0) is 34.0. The Morgan fingerprint density at radius 1 is 1.04 bits per heavy atom. The van der Waals surface area contributed by atoms with E-state index >= 15 is 0 Å². The summed E-state index contributed by atoms with van der Waals surface area (Å²) in [5, 5.41) is 5.96. The van der Waals surface area contributed by atoms with Crippen LogP contribution in [0.15, 0.2) is 84.2 Å². The van der Waals surface area contributed by atoms with Crippen LogP contribution >= 0.6 is 0 Å². The highest BCUT2D eigenvalue weighted by atomic mass is 19.4. The second-order valence-corrected chi connectivity index (χ2v) is 12.6. The van der Waals surface area contributed by atoms with E-state index in [1.54, 1.807) is 6.20 Å². The molecule has 2 atom stereocenters. The monoisotopic (exact) mass is 660 g/mol. The highest BCUT2D eigenvalue weighted by molar-refractivity contribution is 6.07. The largest absolute Gasteiger partial charge is 0.416 e. The smallest absolute Gasteiger partial charge is 0.356 e. The molecule has 0 spiro atoms. The number of rotatable bonds is 9. The van der Waals surface area contributed by atoms with Gasteiger partial charge in [0, 0.05) is 38.3 Å². The average molecular weight is 661 g/mol. The van der Waals surface area contributed by atoms with Gasteiger partial charge in [0.1, 0.15) is 5.82 Å². The molecular formula is C36H39F3N6O3. The number of benzene rings is 2. The number of amides is 4. The molecular weight excluding hydrogens is 621 g/mol. The number of carbonyl (C=O) groups is 3. The van der Waals surface area contributed by atoms with Gasteiger partial charge in [0.2, 0.25) is 5.91 Å². The average Bonchev–Trinajstić information content (AvgIpc) is 3.42. The minimum atomic E-state index is -4.61. The summed E-state index contributed by atoms with van der Waals surface area (Å²) >= 11 is 0. The highest BCUT2D eigenvalue weighted by Gasteiger charge is 2.45. The van der Waals surface area contributed by atoms with Crippen LogP contribution in [-0.2, 0) is 15.8 Å². The zero-order valence-corrected chi connectivity index (χ0v) is 27.0. The summed E-state index contributed by atoms with van der Waals surface area (Å²) in [7, 11) is 0. The van der Waals surface area contributed by atoms with Crippen molar-refractivity contribution in [1.82, 2.24) is 20.5 Å². The van der Waals surface area contributed by atoms with Gasteiger partial charge < -0.3 is 20.4 Å². The number of hydrogen-bond donors (Lipinski definition) is 2. The van der Waals surface area contributed by atoms with Crippen LogP contribution in [0.1, 0.15) is 68.2 Å². The number of piperidine rings is 1. The summed E-state index contributed by atoms with van der Waals surface area (Å²) in [4.78, 5) is 49.9. The molecule has 2 aromatic carbocycles. The second kappa shape index (κ2) is 13.7. The lowest BCUT2D eigenvalue weighted by Crippen LogP contribution is -2.47. The van der Waals surface area contributed by atoms with E-state index in [4.69, 9.17) is 0 Å². The molecule has 2 N–H and O–H groups in total. The molecule has 4 amide bonds. The Balaban J connectivity index is 1.19. The van der Waals surface area contributed by atoms with Crippen molar-refractivity contribution in [2.45, 2.75) is 63.7 Å². The van der Waals surface area contributed by atoms with Crippen LogP contribution in [-0.4, -0.2) is 60.0 Å². The van der Waals surface area contributed by atoms with E-state index in [-0.39, 0.29) is 48.6 Å². The summed E-state index contributed by atoms with van der Waals surface area (Å²) in [6.45, 7) is 5.80. The Hall–Kier alpha value is -4.87. The molecule has 252 valence electrons. The lowest BCUT2D eigenvalue weighted by atomic mass is 9.92. The van der Waals surface area contributed by atoms with Crippen LogP contribution in [0.5, 0.6) is 0 Å². The molecule has 0 saturated carbocycles. The third kappa shape index (κ3) is 6.88. The van der Waals surface area contributed by atoms with Gasteiger partial charge in [0.25, 0.3) is 5.91 Å². The van der Waals surface area contributed by atoms with Crippen LogP contribution in [0.25, 0.3) is 0 Å². The lowest BCUT2D eigenvalue weighted by Gasteiger charge is -2.34. The Bertz CT molecular complexity index is 1690. The van der Waals surface area contributed by atoms with Gasteiger partial charge >= 0.3 is 12.2 Å². The molecule has 9 nitrogen and oxygen atoms in total. The highest BCUT2D eigenvalue weighted by Crippen LogP contribution is 2.40. The number of urea groups is 1. The van der Waals surface area contributed by atoms with Crippen molar-refractivity contribution in [3.8, 4) is 0 Å². The maximum atomic E-state index is 14.0. The van der Waals surface area contributed by atoms with E-state index in [9.17, 15) is 27.6 Å². The van der Waals surface area contributed by atoms with Crippen molar-refractivity contribution in [1.29, 1.82) is 0 Å². The molecule has 0 radical (unpaired) electrons. The zero-order valence-electron chi connectivity index (χ0n) is 27.0. The van der Waals surface area contributed by atoms with Gasteiger partial charge in [-0.2, -0.15) is 13.2 Å². The predicted octanol–water partition coefficient (Wildman–Crippen LogP) is 6.16. The normalized spacial score (nSPS) is 19.4. The SMILES string of the molecule is CCC(C)c1ccc([C@H]2NC(=O)N(c3cccc(C(F)(F)F)c3)C3=C2C(=O)N(CCC(=O)NC2CCN(c4ccccn4)CC2)C3)cc1. The maximum Gasteiger partial charge on any atom is 0.416 e. The van der Waals surface area contributed by atoms with E-state index in [2.05, 4.69) is 34.4 Å². The first-order chi connectivity index (χ1) is 23.0. The number of hydrogen-bond acceptors (Lipinski definition) is 5. The van der Waals surface area contributed by atoms with Crippen LogP contribution in [0.4, 0.5) is 29.5 Å². The fraction of sp³-hybridized carbons (Fsp3) is 0.389. The molecule has 4 heterocycles. The van der Waals surface area contributed by atoms with Gasteiger partial charge in [-0.1, -0.05) is 50.2 Å². The Morgan fingerprint density at radius 3 is 2.46 bits per heavy atom. The van der Waals surface area contributed by atoms with Crippen LogP contribution in [0.2, 0.25) is 0 Å². The molecule has 12 heteroatoms. The number of nitrogens with zero attached hydrogens (tertiary/aromatic N) is 4. The predicted molar refractivity (Wildman–Crippen MR) is 176 cm³/mol. The number of nitrogens with one attached hydrogen (secondary N) is 2. The summed E-state index contributed by atoms with van der Waals surface area (Å²) < 4.78 is 40.9. The quantitative estimate of drug-likeness (QED) is 0.287. The number of aromatic nitrogens is 1. The van der Waals surface area contributed by atoms with Crippen molar-refractivity contribution in [3.05, 3.63) is 101 Å². The van der Waals surface area contributed by atoms with Crippen LogP contribution < -0.4 is 20.4 Å². The molecule has 0 aliphatic carbocycles. The van der Waals surface area contributed by atoms with Gasteiger partial charge in [-0.25, -0.2) is 9.78 Å². The fourth-order valence-electron chi connectivity index (χ4n) is 6.60. The van der Waals surface area contributed by atoms with Gasteiger partial charge in [-0.15, -0.1) is 0 Å².